The van der Waals surface area contributed by atoms with E-state index in [9.17, 15) is 19.2 Å². The molecule has 0 spiro atoms. The normalized spacial score (nSPS) is 12.6. The number of rotatable bonds is 8. The van der Waals surface area contributed by atoms with Crippen molar-refractivity contribution in [2.45, 2.75) is 0 Å². The van der Waals surface area contributed by atoms with Crippen LogP contribution < -0.4 is 21.3 Å². The van der Waals surface area contributed by atoms with Crippen LogP contribution in [0.2, 0.25) is 0 Å². The average Bonchev–Trinajstić information content (AvgIpc) is 3.23. The molecule has 6 aromatic rings. The second kappa shape index (κ2) is 18.1. The molecule has 61 heavy (non-hydrogen) atoms. The van der Waals surface area contributed by atoms with Crippen molar-refractivity contribution in [3.8, 4) is 0 Å². The summed E-state index contributed by atoms with van der Waals surface area (Å²) in [5, 5.41) is 0. The van der Waals surface area contributed by atoms with Gasteiger partial charge >= 0.3 is 10.4 Å². The number of ketones is 4. The second-order valence-corrected chi connectivity index (χ2v) is 15.6. The number of hydrogen-bond acceptors (Lipinski definition) is 12. The van der Waals surface area contributed by atoms with E-state index in [2.05, 4.69) is 0 Å². The first-order chi connectivity index (χ1) is 29.0. The Kier molecular flexibility index (Phi) is 12.9. The number of para-hydroxylation sites is 2. The Morgan fingerprint density at radius 3 is 0.967 bits per heavy atom. The number of carbonyl (C=O) groups is 4. The van der Waals surface area contributed by atoms with Crippen LogP contribution in [0.1, 0.15) is 63.7 Å². The molecule has 0 heterocycles. The van der Waals surface area contributed by atoms with Gasteiger partial charge in [0.1, 0.15) is 0 Å². The number of carbonyl (C=O) groups excluding carboxylic acids is 4. The van der Waals surface area contributed by atoms with Gasteiger partial charge in [0.15, 0.2) is 23.1 Å². The van der Waals surface area contributed by atoms with Crippen molar-refractivity contribution in [1.29, 1.82) is 0 Å². The summed E-state index contributed by atoms with van der Waals surface area (Å²) in [7, 11) is 3.17. The SMILES string of the molecule is CN(C)CN(c1ccccc1)c1ccc(N)c2c1C(=O)c1ccccc1C2=O.CN(C)CN(c1ccccc1)c1ccc(N)c2c1C(=O)c1ccccc1C2=O.O=S(=O)(O)O. The van der Waals surface area contributed by atoms with Crippen LogP contribution in [0.3, 0.4) is 0 Å². The fraction of sp³-hybridized carbons (Fsp3) is 0.130. The molecule has 0 aromatic heterocycles. The molecule has 2 aliphatic rings. The van der Waals surface area contributed by atoms with Crippen molar-refractivity contribution >= 4 is 67.7 Å². The molecule has 0 amide bonds. The predicted molar refractivity (Wildman–Crippen MR) is 237 cm³/mol. The molecule has 8 rings (SSSR count). The van der Waals surface area contributed by atoms with E-state index >= 15 is 0 Å². The molecule has 0 fully saturated rings. The minimum atomic E-state index is -4.67. The highest BCUT2D eigenvalue weighted by Crippen LogP contribution is 2.41. The summed E-state index contributed by atoms with van der Waals surface area (Å²) >= 11 is 0. The van der Waals surface area contributed by atoms with E-state index in [-0.39, 0.29) is 23.1 Å². The number of nitrogen functional groups attached to an aromatic ring is 2. The fourth-order valence-electron chi connectivity index (χ4n) is 7.29. The molecule has 2 aliphatic carbocycles. The van der Waals surface area contributed by atoms with E-state index in [1.807, 2.05) is 121 Å². The maximum absolute atomic E-state index is 13.4. The highest BCUT2D eigenvalue weighted by atomic mass is 32.3. The minimum absolute atomic E-state index is 0.174. The molecule has 15 heteroatoms. The zero-order valence-corrected chi connectivity index (χ0v) is 34.6. The van der Waals surface area contributed by atoms with Gasteiger partial charge < -0.3 is 21.3 Å². The molecule has 312 valence electrons. The van der Waals surface area contributed by atoms with Gasteiger partial charge in [0.05, 0.1) is 47.0 Å². The van der Waals surface area contributed by atoms with Gasteiger partial charge in [-0.15, -0.1) is 0 Å². The second-order valence-electron chi connectivity index (χ2n) is 14.7. The Balaban J connectivity index is 0.000000184. The molecule has 0 aliphatic heterocycles. The van der Waals surface area contributed by atoms with E-state index in [0.29, 0.717) is 80.6 Å². The Morgan fingerprint density at radius 2 is 0.689 bits per heavy atom. The van der Waals surface area contributed by atoms with Crippen LogP contribution in [0.25, 0.3) is 0 Å². The molecular formula is C46H44N6O8S. The third-order valence-electron chi connectivity index (χ3n) is 9.74. The number of nitrogens with zero attached hydrogens (tertiary/aromatic N) is 4. The van der Waals surface area contributed by atoms with Gasteiger partial charge in [-0.05, 0) is 76.7 Å². The Hall–Kier alpha value is -7.01. The minimum Gasteiger partial charge on any atom is -0.398 e. The highest BCUT2D eigenvalue weighted by molar-refractivity contribution is 7.79. The van der Waals surface area contributed by atoms with Crippen LogP contribution in [0, 0.1) is 0 Å². The van der Waals surface area contributed by atoms with Crippen molar-refractivity contribution in [2.24, 2.45) is 0 Å². The first-order valence-electron chi connectivity index (χ1n) is 18.8. The molecular weight excluding hydrogens is 797 g/mol. The van der Waals surface area contributed by atoms with Gasteiger partial charge in [-0.1, -0.05) is 84.9 Å². The molecule has 6 aromatic carbocycles. The largest absolute Gasteiger partial charge is 0.398 e. The van der Waals surface area contributed by atoms with Crippen LogP contribution in [0.15, 0.2) is 133 Å². The summed E-state index contributed by atoms with van der Waals surface area (Å²) in [5.74, 6) is -0.760. The summed E-state index contributed by atoms with van der Waals surface area (Å²) in [6.45, 7) is 1.09. The lowest BCUT2D eigenvalue weighted by Gasteiger charge is -2.32. The molecule has 0 atom stereocenters. The van der Waals surface area contributed by atoms with Crippen molar-refractivity contribution in [3.05, 3.63) is 178 Å². The summed E-state index contributed by atoms with van der Waals surface area (Å²) < 4.78 is 31.6. The lowest BCUT2D eigenvalue weighted by Crippen LogP contribution is -2.33. The van der Waals surface area contributed by atoms with Gasteiger partial charge in [-0.25, -0.2) is 0 Å². The maximum atomic E-state index is 13.4. The quantitative estimate of drug-likeness (QED) is 0.0710. The fourth-order valence-corrected chi connectivity index (χ4v) is 7.29. The van der Waals surface area contributed by atoms with E-state index in [0.717, 1.165) is 11.4 Å². The van der Waals surface area contributed by atoms with Gasteiger partial charge in [-0.2, -0.15) is 8.42 Å². The topological polar surface area (TPSA) is 208 Å². The maximum Gasteiger partial charge on any atom is 0.394 e. The van der Waals surface area contributed by atoms with Gasteiger partial charge in [0.2, 0.25) is 0 Å². The van der Waals surface area contributed by atoms with Crippen molar-refractivity contribution in [3.63, 3.8) is 0 Å². The smallest absolute Gasteiger partial charge is 0.394 e. The van der Waals surface area contributed by atoms with Crippen LogP contribution in [-0.4, -0.2) is 92.0 Å². The summed E-state index contributed by atoms with van der Waals surface area (Å²) in [4.78, 5) is 61.2. The first kappa shape index (κ1) is 43.6. The number of benzene rings is 6. The van der Waals surface area contributed by atoms with Gasteiger partial charge in [-0.3, -0.25) is 38.1 Å². The number of hydrogen-bond donors (Lipinski definition) is 4. The number of anilines is 6. The van der Waals surface area contributed by atoms with E-state index < -0.39 is 10.4 Å². The van der Waals surface area contributed by atoms with Crippen molar-refractivity contribution in [2.75, 3.05) is 62.8 Å². The Labute approximate surface area is 353 Å². The van der Waals surface area contributed by atoms with E-state index in [1.54, 1.807) is 60.7 Å². The monoisotopic (exact) mass is 840 g/mol. The average molecular weight is 841 g/mol. The van der Waals surface area contributed by atoms with Crippen molar-refractivity contribution in [1.82, 2.24) is 9.80 Å². The summed E-state index contributed by atoms with van der Waals surface area (Å²) in [5.41, 5.74) is 19.2. The lowest BCUT2D eigenvalue weighted by molar-refractivity contribution is 0.0980. The van der Waals surface area contributed by atoms with Crippen molar-refractivity contribution < 1.29 is 36.7 Å². The third-order valence-corrected chi connectivity index (χ3v) is 9.74. The molecule has 0 unspecified atom stereocenters. The van der Waals surface area contributed by atoms with Crippen LogP contribution in [0.4, 0.5) is 34.1 Å². The molecule has 0 saturated carbocycles. The first-order valence-corrected chi connectivity index (χ1v) is 20.2. The zero-order valence-electron chi connectivity index (χ0n) is 33.8. The van der Waals surface area contributed by atoms with Crippen LogP contribution >= 0.6 is 0 Å². The van der Waals surface area contributed by atoms with Crippen LogP contribution in [-0.2, 0) is 10.4 Å². The summed E-state index contributed by atoms with van der Waals surface area (Å²) in [6.07, 6.45) is 0. The zero-order chi connectivity index (χ0) is 44.2. The molecule has 14 nitrogen and oxygen atoms in total. The Bertz CT molecular complexity index is 2580. The Morgan fingerprint density at radius 1 is 0.426 bits per heavy atom. The third kappa shape index (κ3) is 9.41. The van der Waals surface area contributed by atoms with Crippen LogP contribution in [0.5, 0.6) is 0 Å². The lowest BCUT2D eigenvalue weighted by atomic mass is 9.82. The summed E-state index contributed by atoms with van der Waals surface area (Å²) in [6, 6.07) is 40.5. The highest BCUT2D eigenvalue weighted by Gasteiger charge is 2.36. The molecule has 0 bridgehead atoms. The standard InChI is InChI=1S/2C23H21N3O2.H2O4S/c2*1-25(2)14-26(15-8-4-3-5-9-15)19-13-12-18(24)20-21(19)23(28)17-11-7-6-10-16(17)22(20)27;1-5(2,3)4/h2*3-13H,14,24H2,1-2H3;(H2,1,2,3,4). The predicted octanol–water partition coefficient (Wildman–Crippen LogP) is 6.75. The van der Waals surface area contributed by atoms with E-state index in [1.165, 1.54) is 0 Å². The number of nitrogens with two attached hydrogens (primary N) is 2. The van der Waals surface area contributed by atoms with Gasteiger partial charge in [0.25, 0.3) is 0 Å². The molecule has 0 radical (unpaired) electrons. The number of fused-ring (bicyclic) bond motifs is 4. The van der Waals surface area contributed by atoms with E-state index in [4.69, 9.17) is 29.0 Å². The molecule has 6 N–H and O–H groups in total. The molecule has 0 saturated heterocycles. The van der Waals surface area contributed by atoms with Gasteiger partial charge in [0, 0.05) is 45.0 Å².